The minimum absolute atomic E-state index is 0.0221. The molecule has 156 valence electrons. The van der Waals surface area contributed by atoms with Gasteiger partial charge in [0.2, 0.25) is 5.91 Å². The lowest BCUT2D eigenvalue weighted by molar-refractivity contribution is -0.384. The summed E-state index contributed by atoms with van der Waals surface area (Å²) in [7, 11) is 0. The largest absolute Gasteiger partial charge is 0.351 e. The highest BCUT2D eigenvalue weighted by atomic mass is 16.6. The Morgan fingerprint density at radius 3 is 2.67 bits per heavy atom. The van der Waals surface area contributed by atoms with Crippen LogP contribution in [0.25, 0.3) is 10.9 Å². The van der Waals surface area contributed by atoms with E-state index in [2.05, 4.69) is 20.6 Å². The summed E-state index contributed by atoms with van der Waals surface area (Å²) in [5, 5.41) is 17.8. The molecule has 0 bridgehead atoms. The van der Waals surface area contributed by atoms with Gasteiger partial charge in [-0.25, -0.2) is 9.97 Å². The molecule has 1 heterocycles. The van der Waals surface area contributed by atoms with E-state index in [1.807, 2.05) is 43.0 Å². The van der Waals surface area contributed by atoms with Crippen LogP contribution >= 0.6 is 0 Å². The van der Waals surface area contributed by atoms with Crippen LogP contribution in [0.2, 0.25) is 0 Å². The lowest BCUT2D eigenvalue weighted by Gasteiger charge is -2.17. The topological polar surface area (TPSA) is 113 Å². The molecule has 0 aliphatic carbocycles. The summed E-state index contributed by atoms with van der Waals surface area (Å²) in [6.07, 6.45) is 1.41. The van der Waals surface area contributed by atoms with Gasteiger partial charge in [0.15, 0.2) is 0 Å². The first-order valence-corrected chi connectivity index (χ1v) is 9.74. The molecule has 3 rings (SSSR count). The number of nitro benzene ring substituents is 1. The molecule has 1 aromatic heterocycles. The number of aromatic nitrogens is 2. The van der Waals surface area contributed by atoms with Gasteiger partial charge in [0.25, 0.3) is 5.69 Å². The summed E-state index contributed by atoms with van der Waals surface area (Å²) in [6.45, 7) is 6.49. The molecule has 30 heavy (non-hydrogen) atoms. The number of nitrogens with one attached hydrogen (secondary N) is 2. The predicted molar refractivity (Wildman–Crippen MR) is 116 cm³/mol. The van der Waals surface area contributed by atoms with Gasteiger partial charge in [-0.2, -0.15) is 0 Å². The van der Waals surface area contributed by atoms with Crippen molar-refractivity contribution in [3.05, 3.63) is 64.5 Å². The third kappa shape index (κ3) is 5.26. The molecule has 0 atom stereocenters. The molecule has 0 saturated carbocycles. The van der Waals surface area contributed by atoms with E-state index in [9.17, 15) is 14.9 Å². The molecule has 2 N–H and O–H groups in total. The molecule has 3 aromatic rings. The average Bonchev–Trinajstić information content (AvgIpc) is 2.76. The second-order valence-corrected chi connectivity index (χ2v) is 6.74. The van der Waals surface area contributed by atoms with Crippen molar-refractivity contribution in [3.8, 4) is 0 Å². The molecular formula is C21H24N6O3. The van der Waals surface area contributed by atoms with Crippen molar-refractivity contribution in [2.75, 3.05) is 25.0 Å². The second-order valence-electron chi connectivity index (χ2n) is 6.74. The number of nitro groups is 1. The van der Waals surface area contributed by atoms with E-state index in [0.717, 1.165) is 24.3 Å². The maximum Gasteiger partial charge on any atom is 0.270 e. The number of carbonyl (C=O) groups is 1. The van der Waals surface area contributed by atoms with E-state index in [-0.39, 0.29) is 11.6 Å². The summed E-state index contributed by atoms with van der Waals surface area (Å²) in [6, 6.07) is 12.0. The van der Waals surface area contributed by atoms with Gasteiger partial charge < -0.3 is 10.6 Å². The summed E-state index contributed by atoms with van der Waals surface area (Å²) in [5.74, 6) is 0.456. The highest BCUT2D eigenvalue weighted by Crippen LogP contribution is 2.26. The third-order valence-electron chi connectivity index (χ3n) is 4.77. The Morgan fingerprint density at radius 2 is 1.93 bits per heavy atom. The molecule has 0 saturated heterocycles. The number of fused-ring (bicyclic) bond motifs is 1. The standard InChI is InChI=1S/C21H24N6O3/c1-3-26(4-2)13-20(28)22-12-15-6-5-7-16(10-15)25-21-18-11-17(27(29)30)8-9-19(18)23-14-24-21/h5-11,14H,3-4,12-13H2,1-2H3,(H,22,28)(H,23,24,25). The highest BCUT2D eigenvalue weighted by molar-refractivity contribution is 5.92. The number of carbonyl (C=O) groups excluding carboxylic acids is 1. The Morgan fingerprint density at radius 1 is 1.13 bits per heavy atom. The van der Waals surface area contributed by atoms with Crippen LogP contribution in [0.4, 0.5) is 17.2 Å². The van der Waals surface area contributed by atoms with Crippen LogP contribution < -0.4 is 10.6 Å². The van der Waals surface area contributed by atoms with Crippen LogP contribution in [0.15, 0.2) is 48.8 Å². The van der Waals surface area contributed by atoms with Crippen LogP contribution in [-0.4, -0.2) is 45.3 Å². The number of anilines is 2. The van der Waals surface area contributed by atoms with Crippen molar-refractivity contribution in [1.82, 2.24) is 20.2 Å². The average molecular weight is 408 g/mol. The fraction of sp³-hybridized carbons (Fsp3) is 0.286. The van der Waals surface area contributed by atoms with Gasteiger partial charge in [0, 0.05) is 29.8 Å². The Hall–Kier alpha value is -3.59. The predicted octanol–water partition coefficient (Wildman–Crippen LogP) is 3.24. The Bertz CT molecular complexity index is 1050. The molecule has 1 amide bonds. The summed E-state index contributed by atoms with van der Waals surface area (Å²) in [4.78, 5) is 33.2. The van der Waals surface area contributed by atoms with Gasteiger partial charge in [-0.05, 0) is 36.9 Å². The van der Waals surface area contributed by atoms with E-state index >= 15 is 0 Å². The van der Waals surface area contributed by atoms with Crippen molar-refractivity contribution in [2.45, 2.75) is 20.4 Å². The van der Waals surface area contributed by atoms with E-state index in [1.54, 1.807) is 6.07 Å². The molecule has 0 fully saturated rings. The maximum atomic E-state index is 12.1. The molecule has 0 aliphatic rings. The maximum absolute atomic E-state index is 12.1. The van der Waals surface area contributed by atoms with Crippen molar-refractivity contribution in [1.29, 1.82) is 0 Å². The van der Waals surface area contributed by atoms with Crippen LogP contribution in [-0.2, 0) is 11.3 Å². The zero-order valence-electron chi connectivity index (χ0n) is 17.0. The van der Waals surface area contributed by atoms with E-state index < -0.39 is 4.92 Å². The van der Waals surface area contributed by atoms with Crippen molar-refractivity contribution < 1.29 is 9.72 Å². The van der Waals surface area contributed by atoms with Crippen LogP contribution in [0.3, 0.4) is 0 Å². The number of rotatable bonds is 9. The van der Waals surface area contributed by atoms with Crippen molar-refractivity contribution in [3.63, 3.8) is 0 Å². The molecule has 2 aromatic carbocycles. The van der Waals surface area contributed by atoms with Crippen LogP contribution in [0, 0.1) is 10.1 Å². The summed E-state index contributed by atoms with van der Waals surface area (Å²) in [5.41, 5.74) is 2.28. The second kappa shape index (κ2) is 9.75. The Kier molecular flexibility index (Phi) is 6.87. The normalized spacial score (nSPS) is 10.9. The number of non-ortho nitro benzene ring substituents is 1. The fourth-order valence-electron chi connectivity index (χ4n) is 3.06. The van der Waals surface area contributed by atoms with Gasteiger partial charge in [0.05, 0.1) is 17.0 Å². The first-order valence-electron chi connectivity index (χ1n) is 9.74. The number of nitrogens with zero attached hydrogens (tertiary/aromatic N) is 4. The monoisotopic (exact) mass is 408 g/mol. The van der Waals surface area contributed by atoms with E-state index in [0.29, 0.717) is 29.8 Å². The van der Waals surface area contributed by atoms with E-state index in [1.165, 1.54) is 18.5 Å². The number of hydrogen-bond acceptors (Lipinski definition) is 7. The fourth-order valence-corrected chi connectivity index (χ4v) is 3.06. The van der Waals surface area contributed by atoms with E-state index in [4.69, 9.17) is 0 Å². The SMILES string of the molecule is CCN(CC)CC(=O)NCc1cccc(Nc2ncnc3ccc([N+](=O)[O-])cc23)c1. The molecule has 0 unspecified atom stereocenters. The first-order chi connectivity index (χ1) is 14.5. The zero-order chi connectivity index (χ0) is 21.5. The lowest BCUT2D eigenvalue weighted by Crippen LogP contribution is -2.36. The third-order valence-corrected chi connectivity index (χ3v) is 4.77. The molecule has 9 heteroatoms. The lowest BCUT2D eigenvalue weighted by atomic mass is 10.1. The number of benzene rings is 2. The number of hydrogen-bond donors (Lipinski definition) is 2. The summed E-state index contributed by atoms with van der Waals surface area (Å²) >= 11 is 0. The molecular weight excluding hydrogens is 384 g/mol. The minimum atomic E-state index is -0.447. The van der Waals surface area contributed by atoms with Gasteiger partial charge in [-0.15, -0.1) is 0 Å². The quantitative estimate of drug-likeness (QED) is 0.413. The molecule has 9 nitrogen and oxygen atoms in total. The smallest absolute Gasteiger partial charge is 0.270 e. The molecule has 0 radical (unpaired) electrons. The molecule has 0 aliphatic heterocycles. The molecule has 0 spiro atoms. The van der Waals surface area contributed by atoms with Gasteiger partial charge >= 0.3 is 0 Å². The van der Waals surface area contributed by atoms with Crippen molar-refractivity contribution >= 4 is 34.0 Å². The Labute approximate surface area is 174 Å². The summed E-state index contributed by atoms with van der Waals surface area (Å²) < 4.78 is 0. The van der Waals surface area contributed by atoms with Gasteiger partial charge in [-0.3, -0.25) is 19.8 Å². The van der Waals surface area contributed by atoms with Crippen LogP contribution in [0.5, 0.6) is 0 Å². The van der Waals surface area contributed by atoms with Gasteiger partial charge in [-0.1, -0.05) is 26.0 Å². The minimum Gasteiger partial charge on any atom is -0.351 e. The number of amides is 1. The Balaban J connectivity index is 1.73. The van der Waals surface area contributed by atoms with Crippen molar-refractivity contribution in [2.24, 2.45) is 0 Å². The highest BCUT2D eigenvalue weighted by Gasteiger charge is 2.11. The zero-order valence-corrected chi connectivity index (χ0v) is 17.0. The number of likely N-dealkylation sites (N-methyl/N-ethyl adjacent to an activating group) is 1. The van der Waals surface area contributed by atoms with Gasteiger partial charge in [0.1, 0.15) is 12.1 Å². The first kappa shape index (κ1) is 21.1. The van der Waals surface area contributed by atoms with Crippen LogP contribution in [0.1, 0.15) is 19.4 Å².